The van der Waals surface area contributed by atoms with Gasteiger partial charge in [0, 0.05) is 36.5 Å². The van der Waals surface area contributed by atoms with Crippen LogP contribution in [0.3, 0.4) is 0 Å². The normalized spacial score (nSPS) is 17.2. The Morgan fingerprint density at radius 3 is 2.29 bits per heavy atom. The van der Waals surface area contributed by atoms with Crippen LogP contribution in [-0.2, 0) is 4.79 Å². The maximum absolute atomic E-state index is 13.7. The third-order valence-electron chi connectivity index (χ3n) is 7.12. The predicted octanol–water partition coefficient (Wildman–Crippen LogP) is 6.52. The molecule has 4 nitrogen and oxygen atoms in total. The van der Waals surface area contributed by atoms with E-state index >= 15 is 0 Å². The summed E-state index contributed by atoms with van der Waals surface area (Å²) >= 11 is 6.39. The minimum Gasteiger partial charge on any atom is -0.486 e. The third-order valence-corrected chi connectivity index (χ3v) is 7.70. The van der Waals surface area contributed by atoms with Gasteiger partial charge in [0.05, 0.1) is 12.0 Å². The van der Waals surface area contributed by atoms with Gasteiger partial charge in [-0.1, -0.05) is 72.3 Å². The second-order valence-corrected chi connectivity index (χ2v) is 9.90. The summed E-state index contributed by atoms with van der Waals surface area (Å²) in [4.78, 5) is 28.7. The Labute approximate surface area is 211 Å². The lowest BCUT2D eigenvalue weighted by Gasteiger charge is -2.44. The first kappa shape index (κ1) is 23.4. The molecule has 0 aromatic heterocycles. The van der Waals surface area contributed by atoms with Gasteiger partial charge in [0.25, 0.3) is 5.91 Å². The summed E-state index contributed by atoms with van der Waals surface area (Å²) in [6.45, 7) is 4.87. The van der Waals surface area contributed by atoms with E-state index in [1.807, 2.05) is 91.6 Å². The van der Waals surface area contributed by atoms with Gasteiger partial charge in [-0.2, -0.15) is 0 Å². The zero-order chi connectivity index (χ0) is 24.6. The largest absolute Gasteiger partial charge is 0.486 e. The molecule has 2 aliphatic rings. The monoisotopic (exact) mass is 485 g/mol. The molecular formula is C30H28ClNO3. The number of amides is 1. The van der Waals surface area contributed by atoms with E-state index in [1.54, 1.807) is 0 Å². The van der Waals surface area contributed by atoms with E-state index in [1.165, 1.54) is 0 Å². The lowest BCUT2D eigenvalue weighted by molar-refractivity contribution is -0.128. The van der Waals surface area contributed by atoms with Crippen molar-refractivity contribution in [2.45, 2.75) is 38.7 Å². The standard InChI is InChI=1S/C30H28ClNO3/c1-20-17-26-27(21(2)28(20)31)25(33)19-30(35-26)13-15-32(16-14-30)29(34)24(23-11-7-4-8-12-23)18-22-9-5-3-6-10-22/h3-12,17-18H,13-16,19H2,1-2H3/b24-18-. The maximum Gasteiger partial charge on any atom is 0.254 e. The van der Waals surface area contributed by atoms with E-state index in [0.29, 0.717) is 54.3 Å². The predicted molar refractivity (Wildman–Crippen MR) is 140 cm³/mol. The fraction of sp³-hybridized carbons (Fsp3) is 0.267. The molecule has 0 atom stereocenters. The molecule has 1 saturated heterocycles. The van der Waals surface area contributed by atoms with Gasteiger partial charge < -0.3 is 9.64 Å². The van der Waals surface area contributed by atoms with Gasteiger partial charge in [-0.15, -0.1) is 0 Å². The van der Waals surface area contributed by atoms with Crippen molar-refractivity contribution in [3.8, 4) is 5.75 Å². The Balaban J connectivity index is 1.38. The zero-order valence-electron chi connectivity index (χ0n) is 20.0. The molecule has 35 heavy (non-hydrogen) atoms. The molecule has 5 heteroatoms. The van der Waals surface area contributed by atoms with Crippen molar-refractivity contribution in [3.05, 3.63) is 99.6 Å². The topological polar surface area (TPSA) is 46.6 Å². The summed E-state index contributed by atoms with van der Waals surface area (Å²) in [7, 11) is 0. The minimum atomic E-state index is -0.580. The van der Waals surface area contributed by atoms with Gasteiger partial charge in [0.2, 0.25) is 0 Å². The summed E-state index contributed by atoms with van der Waals surface area (Å²) in [5.74, 6) is 0.685. The lowest BCUT2D eigenvalue weighted by atomic mass is 9.81. The number of carbonyl (C=O) groups is 2. The highest BCUT2D eigenvalue weighted by Gasteiger charge is 2.44. The minimum absolute atomic E-state index is 0.00379. The molecule has 0 radical (unpaired) electrons. The van der Waals surface area contributed by atoms with E-state index in [4.69, 9.17) is 16.3 Å². The highest BCUT2D eigenvalue weighted by Crippen LogP contribution is 2.43. The van der Waals surface area contributed by atoms with Crippen LogP contribution in [0.2, 0.25) is 5.02 Å². The van der Waals surface area contributed by atoms with Gasteiger partial charge in [-0.25, -0.2) is 0 Å². The van der Waals surface area contributed by atoms with Crippen LogP contribution in [0.15, 0.2) is 66.7 Å². The maximum atomic E-state index is 13.7. The molecule has 2 aliphatic heterocycles. The van der Waals surface area contributed by atoms with Crippen LogP contribution in [0.25, 0.3) is 11.6 Å². The number of ether oxygens (including phenoxy) is 1. The second-order valence-electron chi connectivity index (χ2n) is 9.52. The summed E-state index contributed by atoms with van der Waals surface area (Å²) in [6, 6.07) is 21.5. The van der Waals surface area contributed by atoms with E-state index in [-0.39, 0.29) is 11.7 Å². The number of Topliss-reactive ketones (excluding diaryl/α,β-unsaturated/α-hetero) is 1. The number of halogens is 1. The molecule has 0 bridgehead atoms. The molecule has 1 fully saturated rings. The van der Waals surface area contributed by atoms with Crippen molar-refractivity contribution in [3.63, 3.8) is 0 Å². The number of likely N-dealkylation sites (tertiary alicyclic amines) is 1. The van der Waals surface area contributed by atoms with Crippen molar-refractivity contribution >= 4 is 34.9 Å². The number of hydrogen-bond donors (Lipinski definition) is 0. The Kier molecular flexibility index (Phi) is 6.24. The number of hydrogen-bond acceptors (Lipinski definition) is 3. The van der Waals surface area contributed by atoms with E-state index in [0.717, 1.165) is 22.3 Å². The molecule has 0 N–H and O–H groups in total. The molecule has 2 heterocycles. The first-order chi connectivity index (χ1) is 16.9. The fourth-order valence-electron chi connectivity index (χ4n) is 5.17. The first-order valence-corrected chi connectivity index (χ1v) is 12.4. The molecule has 0 unspecified atom stereocenters. The molecule has 1 amide bonds. The van der Waals surface area contributed by atoms with Crippen molar-refractivity contribution in [1.29, 1.82) is 0 Å². The number of fused-ring (bicyclic) bond motifs is 1. The summed E-state index contributed by atoms with van der Waals surface area (Å²) < 4.78 is 6.48. The Morgan fingerprint density at radius 1 is 1.00 bits per heavy atom. The number of rotatable bonds is 3. The average Bonchev–Trinajstić information content (AvgIpc) is 2.87. The number of piperidine rings is 1. The quantitative estimate of drug-likeness (QED) is 0.313. The first-order valence-electron chi connectivity index (χ1n) is 12.0. The molecule has 1 spiro atoms. The van der Waals surface area contributed by atoms with Crippen molar-refractivity contribution in [2.24, 2.45) is 0 Å². The SMILES string of the molecule is Cc1cc2c(c(C)c1Cl)C(=O)CC1(CCN(C(=O)/C(=C\c3ccccc3)c3ccccc3)CC1)O2. The van der Waals surface area contributed by atoms with Crippen molar-refractivity contribution in [1.82, 2.24) is 4.90 Å². The van der Waals surface area contributed by atoms with Gasteiger partial charge in [0.15, 0.2) is 5.78 Å². The van der Waals surface area contributed by atoms with E-state index < -0.39 is 5.60 Å². The molecule has 178 valence electrons. The highest BCUT2D eigenvalue weighted by molar-refractivity contribution is 6.32. The number of ketones is 1. The second kappa shape index (κ2) is 9.35. The molecule has 3 aromatic rings. The van der Waals surface area contributed by atoms with E-state index in [9.17, 15) is 9.59 Å². The van der Waals surface area contributed by atoms with Crippen LogP contribution < -0.4 is 4.74 Å². The number of nitrogens with zero attached hydrogens (tertiary/aromatic N) is 1. The summed E-state index contributed by atoms with van der Waals surface area (Å²) in [5, 5.41) is 0.621. The van der Waals surface area contributed by atoms with Gasteiger partial charge >= 0.3 is 0 Å². The smallest absolute Gasteiger partial charge is 0.254 e. The van der Waals surface area contributed by atoms with Gasteiger partial charge in [0.1, 0.15) is 11.4 Å². The van der Waals surface area contributed by atoms with E-state index in [2.05, 4.69) is 0 Å². The number of benzene rings is 3. The van der Waals surface area contributed by atoms with Crippen LogP contribution in [-0.4, -0.2) is 35.3 Å². The van der Waals surface area contributed by atoms with Crippen molar-refractivity contribution < 1.29 is 14.3 Å². The van der Waals surface area contributed by atoms with Crippen molar-refractivity contribution in [2.75, 3.05) is 13.1 Å². The molecule has 5 rings (SSSR count). The third kappa shape index (κ3) is 4.51. The van der Waals surface area contributed by atoms with Crippen LogP contribution in [0.5, 0.6) is 5.75 Å². The van der Waals surface area contributed by atoms with Crippen LogP contribution in [0.1, 0.15) is 51.9 Å². The Hall–Kier alpha value is -3.37. The Bertz CT molecular complexity index is 1310. The molecule has 0 saturated carbocycles. The lowest BCUT2D eigenvalue weighted by Crippen LogP contribution is -2.52. The summed E-state index contributed by atoms with van der Waals surface area (Å²) in [6.07, 6.45) is 3.48. The van der Waals surface area contributed by atoms with Crippen LogP contribution >= 0.6 is 11.6 Å². The number of carbonyl (C=O) groups excluding carboxylic acids is 2. The molecule has 3 aromatic carbocycles. The van der Waals surface area contributed by atoms with Gasteiger partial charge in [-0.3, -0.25) is 9.59 Å². The van der Waals surface area contributed by atoms with Gasteiger partial charge in [-0.05, 0) is 48.2 Å². The average molecular weight is 486 g/mol. The zero-order valence-corrected chi connectivity index (χ0v) is 20.8. The summed E-state index contributed by atoms with van der Waals surface area (Å²) in [5.41, 5.74) is 4.25. The number of aryl methyl sites for hydroxylation is 1. The highest BCUT2D eigenvalue weighted by atomic mass is 35.5. The fourth-order valence-corrected chi connectivity index (χ4v) is 5.32. The van der Waals surface area contributed by atoms with Crippen LogP contribution in [0.4, 0.5) is 0 Å². The molecule has 0 aliphatic carbocycles. The Morgan fingerprint density at radius 2 is 1.63 bits per heavy atom. The van der Waals surface area contributed by atoms with Crippen LogP contribution in [0, 0.1) is 13.8 Å². The molecular weight excluding hydrogens is 458 g/mol.